The summed E-state index contributed by atoms with van der Waals surface area (Å²) < 4.78 is 0. The van der Waals surface area contributed by atoms with E-state index in [2.05, 4.69) is 39.9 Å². The highest BCUT2D eigenvalue weighted by atomic mass is 14.9. The lowest BCUT2D eigenvalue weighted by molar-refractivity contribution is 0.236. The molecule has 1 rings (SSSR count). The van der Waals surface area contributed by atoms with Crippen LogP contribution in [0.15, 0.2) is 0 Å². The van der Waals surface area contributed by atoms with Gasteiger partial charge in [-0.25, -0.2) is 0 Å². The lowest BCUT2D eigenvalue weighted by Gasteiger charge is -2.32. The highest BCUT2D eigenvalue weighted by Gasteiger charge is 2.23. The SMILES string of the molecule is CCC(C)CCC(C)CC1CCC(NC(C)CC)CC1. The summed E-state index contributed by atoms with van der Waals surface area (Å²) in [6.07, 6.45) is 12.7. The van der Waals surface area contributed by atoms with E-state index in [9.17, 15) is 0 Å². The van der Waals surface area contributed by atoms with E-state index in [0.717, 1.165) is 23.8 Å². The van der Waals surface area contributed by atoms with Crippen molar-refractivity contribution in [2.24, 2.45) is 17.8 Å². The van der Waals surface area contributed by atoms with Gasteiger partial charge in [0.2, 0.25) is 0 Å². The van der Waals surface area contributed by atoms with Crippen LogP contribution >= 0.6 is 0 Å². The van der Waals surface area contributed by atoms with Gasteiger partial charge < -0.3 is 5.32 Å². The van der Waals surface area contributed by atoms with Crippen LogP contribution in [0.5, 0.6) is 0 Å². The molecule has 1 fully saturated rings. The molecule has 0 aromatic rings. The minimum Gasteiger partial charge on any atom is -0.312 e. The van der Waals surface area contributed by atoms with Crippen LogP contribution < -0.4 is 5.32 Å². The maximum absolute atomic E-state index is 3.79. The van der Waals surface area contributed by atoms with Crippen molar-refractivity contribution in [3.63, 3.8) is 0 Å². The van der Waals surface area contributed by atoms with Crippen LogP contribution in [0, 0.1) is 17.8 Å². The second kappa shape index (κ2) is 9.82. The Bertz CT molecular complexity index is 230. The van der Waals surface area contributed by atoms with Crippen molar-refractivity contribution in [3.05, 3.63) is 0 Å². The third-order valence-electron chi connectivity index (χ3n) is 5.56. The number of hydrogen-bond acceptors (Lipinski definition) is 1. The average Bonchev–Trinajstić information content (AvgIpc) is 2.46. The van der Waals surface area contributed by atoms with Gasteiger partial charge >= 0.3 is 0 Å². The molecule has 0 aliphatic heterocycles. The zero-order valence-corrected chi connectivity index (χ0v) is 14.8. The fraction of sp³-hybridized carbons (Fsp3) is 1.00. The minimum atomic E-state index is 0.700. The molecule has 3 atom stereocenters. The summed E-state index contributed by atoms with van der Waals surface area (Å²) in [4.78, 5) is 0. The predicted molar refractivity (Wildman–Crippen MR) is 91.1 cm³/mol. The van der Waals surface area contributed by atoms with Gasteiger partial charge in [-0.05, 0) is 63.2 Å². The van der Waals surface area contributed by atoms with Crippen molar-refractivity contribution >= 4 is 0 Å². The first kappa shape index (κ1) is 18.0. The molecule has 0 aromatic carbocycles. The maximum atomic E-state index is 3.79. The molecule has 3 unspecified atom stereocenters. The van der Waals surface area contributed by atoms with Crippen molar-refractivity contribution < 1.29 is 0 Å². The first-order chi connectivity index (χ1) is 9.55. The molecule has 0 bridgehead atoms. The average molecular weight is 282 g/mol. The lowest BCUT2D eigenvalue weighted by atomic mass is 9.79. The van der Waals surface area contributed by atoms with Gasteiger partial charge in [-0.15, -0.1) is 0 Å². The molecule has 1 nitrogen and oxygen atoms in total. The summed E-state index contributed by atoms with van der Waals surface area (Å²) in [6, 6.07) is 1.50. The molecule has 0 spiro atoms. The molecule has 1 saturated carbocycles. The van der Waals surface area contributed by atoms with Crippen LogP contribution in [0.4, 0.5) is 0 Å². The molecule has 0 aromatic heterocycles. The Balaban J connectivity index is 2.15. The van der Waals surface area contributed by atoms with Gasteiger partial charge in [0, 0.05) is 12.1 Å². The quantitative estimate of drug-likeness (QED) is 0.564. The second-order valence-electron chi connectivity index (χ2n) is 7.63. The molecule has 1 heteroatoms. The van der Waals surface area contributed by atoms with Gasteiger partial charge in [-0.2, -0.15) is 0 Å². The van der Waals surface area contributed by atoms with Crippen molar-refractivity contribution in [1.29, 1.82) is 0 Å². The first-order valence-electron chi connectivity index (χ1n) is 9.31. The molecular formula is C19H39N. The molecule has 0 heterocycles. The molecule has 1 N–H and O–H groups in total. The summed E-state index contributed by atoms with van der Waals surface area (Å²) >= 11 is 0. The van der Waals surface area contributed by atoms with E-state index in [0.29, 0.717) is 6.04 Å². The molecule has 20 heavy (non-hydrogen) atoms. The Hall–Kier alpha value is -0.0400. The number of hydrogen-bond donors (Lipinski definition) is 1. The van der Waals surface area contributed by atoms with E-state index in [1.54, 1.807) is 0 Å². The monoisotopic (exact) mass is 281 g/mol. The maximum Gasteiger partial charge on any atom is 0.00697 e. The largest absolute Gasteiger partial charge is 0.312 e. The zero-order valence-electron chi connectivity index (χ0n) is 14.8. The van der Waals surface area contributed by atoms with Gasteiger partial charge in [0.05, 0.1) is 0 Å². The summed E-state index contributed by atoms with van der Waals surface area (Å²) in [6.45, 7) is 11.8. The smallest absolute Gasteiger partial charge is 0.00697 e. The van der Waals surface area contributed by atoms with Crippen LogP contribution in [-0.4, -0.2) is 12.1 Å². The topological polar surface area (TPSA) is 12.0 Å². The van der Waals surface area contributed by atoms with E-state index in [1.807, 2.05) is 0 Å². The third-order valence-corrected chi connectivity index (χ3v) is 5.56. The van der Waals surface area contributed by atoms with Crippen molar-refractivity contribution in [3.8, 4) is 0 Å². The van der Waals surface area contributed by atoms with Gasteiger partial charge in [-0.3, -0.25) is 0 Å². The Morgan fingerprint density at radius 1 is 0.850 bits per heavy atom. The van der Waals surface area contributed by atoms with E-state index >= 15 is 0 Å². The Labute approximate surface area is 128 Å². The normalized spacial score (nSPS) is 28.1. The van der Waals surface area contributed by atoms with Gasteiger partial charge in [0.25, 0.3) is 0 Å². The lowest BCUT2D eigenvalue weighted by Crippen LogP contribution is -2.38. The molecule has 1 aliphatic carbocycles. The van der Waals surface area contributed by atoms with E-state index in [-0.39, 0.29) is 0 Å². The highest BCUT2D eigenvalue weighted by Crippen LogP contribution is 2.31. The third kappa shape index (κ3) is 7.11. The van der Waals surface area contributed by atoms with Gasteiger partial charge in [0.15, 0.2) is 0 Å². The standard InChI is InChI=1S/C19H39N/c1-6-15(3)8-9-16(4)14-18-10-12-19(13-11-18)20-17(5)7-2/h15-20H,6-14H2,1-5H3. The van der Waals surface area contributed by atoms with Crippen molar-refractivity contribution in [1.82, 2.24) is 5.32 Å². The van der Waals surface area contributed by atoms with Gasteiger partial charge in [-0.1, -0.05) is 47.0 Å². The molecule has 1 aliphatic rings. The second-order valence-corrected chi connectivity index (χ2v) is 7.63. The number of rotatable bonds is 9. The van der Waals surface area contributed by atoms with Gasteiger partial charge in [0.1, 0.15) is 0 Å². The van der Waals surface area contributed by atoms with Crippen LogP contribution in [0.2, 0.25) is 0 Å². The summed E-state index contributed by atoms with van der Waals surface area (Å²) in [5.74, 6) is 2.87. The van der Waals surface area contributed by atoms with E-state index < -0.39 is 0 Å². The zero-order chi connectivity index (χ0) is 15.0. The molecule has 120 valence electrons. The fourth-order valence-corrected chi connectivity index (χ4v) is 3.55. The van der Waals surface area contributed by atoms with Crippen LogP contribution in [0.3, 0.4) is 0 Å². The van der Waals surface area contributed by atoms with Crippen LogP contribution in [0.25, 0.3) is 0 Å². The Morgan fingerprint density at radius 2 is 1.45 bits per heavy atom. The molecule has 0 saturated heterocycles. The first-order valence-corrected chi connectivity index (χ1v) is 9.31. The minimum absolute atomic E-state index is 0.700. The Morgan fingerprint density at radius 3 is 2.00 bits per heavy atom. The van der Waals surface area contributed by atoms with Crippen molar-refractivity contribution in [2.45, 2.75) is 104 Å². The van der Waals surface area contributed by atoms with Crippen molar-refractivity contribution in [2.75, 3.05) is 0 Å². The fourth-order valence-electron chi connectivity index (χ4n) is 3.55. The van der Waals surface area contributed by atoms with E-state index in [4.69, 9.17) is 0 Å². The van der Waals surface area contributed by atoms with Crippen LogP contribution in [-0.2, 0) is 0 Å². The Kier molecular flexibility index (Phi) is 8.84. The summed E-state index contributed by atoms with van der Waals surface area (Å²) in [5, 5.41) is 3.79. The van der Waals surface area contributed by atoms with E-state index in [1.165, 1.54) is 57.8 Å². The highest BCUT2D eigenvalue weighted by molar-refractivity contribution is 4.79. The van der Waals surface area contributed by atoms with Crippen LogP contribution in [0.1, 0.15) is 92.4 Å². The molecule has 0 amide bonds. The number of nitrogens with one attached hydrogen (secondary N) is 1. The summed E-state index contributed by atoms with van der Waals surface area (Å²) in [5.41, 5.74) is 0. The summed E-state index contributed by atoms with van der Waals surface area (Å²) in [7, 11) is 0. The molecular weight excluding hydrogens is 242 g/mol. The molecule has 0 radical (unpaired) electrons. The predicted octanol–water partition coefficient (Wildman–Crippen LogP) is 5.79.